The summed E-state index contributed by atoms with van der Waals surface area (Å²) < 4.78 is 0. The summed E-state index contributed by atoms with van der Waals surface area (Å²) >= 11 is 1.79. The van der Waals surface area contributed by atoms with Crippen LogP contribution < -0.4 is 5.32 Å². The lowest BCUT2D eigenvalue weighted by Crippen LogP contribution is -2.13. The molecule has 0 unspecified atom stereocenters. The standard InChI is InChI=1S/C13H17NOS/c1-11(7-6-10-16-2)13(15)14-12-8-4-3-5-9-12/h3-5,8-9H,1,6-7,10H2,2H3,(H,14,15). The van der Waals surface area contributed by atoms with E-state index >= 15 is 0 Å². The lowest BCUT2D eigenvalue weighted by atomic mass is 10.1. The van der Waals surface area contributed by atoms with E-state index in [1.54, 1.807) is 11.8 Å². The SMILES string of the molecule is C=C(CCCSC)C(=O)Nc1ccccc1. The number of para-hydroxylation sites is 1. The Balaban J connectivity index is 2.38. The van der Waals surface area contributed by atoms with E-state index in [0.717, 1.165) is 24.3 Å². The van der Waals surface area contributed by atoms with Gasteiger partial charge in [0.25, 0.3) is 5.91 Å². The minimum atomic E-state index is -0.0766. The van der Waals surface area contributed by atoms with E-state index in [0.29, 0.717) is 5.57 Å². The molecule has 0 radical (unpaired) electrons. The summed E-state index contributed by atoms with van der Waals surface area (Å²) in [7, 11) is 0. The van der Waals surface area contributed by atoms with E-state index in [2.05, 4.69) is 18.2 Å². The van der Waals surface area contributed by atoms with Crippen LogP contribution in [0.25, 0.3) is 0 Å². The van der Waals surface area contributed by atoms with Crippen molar-refractivity contribution in [2.45, 2.75) is 12.8 Å². The minimum Gasteiger partial charge on any atom is -0.322 e. The quantitative estimate of drug-likeness (QED) is 0.605. The number of thioether (sulfide) groups is 1. The number of hydrogen-bond donors (Lipinski definition) is 1. The van der Waals surface area contributed by atoms with Crippen molar-refractivity contribution in [3.8, 4) is 0 Å². The molecule has 16 heavy (non-hydrogen) atoms. The summed E-state index contributed by atoms with van der Waals surface area (Å²) in [4.78, 5) is 11.7. The largest absolute Gasteiger partial charge is 0.322 e. The summed E-state index contributed by atoms with van der Waals surface area (Å²) in [5, 5.41) is 2.82. The van der Waals surface area contributed by atoms with Gasteiger partial charge in [-0.05, 0) is 37.0 Å². The second-order valence-corrected chi connectivity index (χ2v) is 4.51. The fraction of sp³-hybridized carbons (Fsp3) is 0.308. The maximum absolute atomic E-state index is 11.7. The first-order valence-electron chi connectivity index (χ1n) is 5.27. The van der Waals surface area contributed by atoms with Crippen LogP contribution in [0.4, 0.5) is 5.69 Å². The molecule has 1 amide bonds. The molecule has 0 atom stereocenters. The topological polar surface area (TPSA) is 29.1 Å². The Bertz CT molecular complexity index is 348. The Morgan fingerprint density at radius 3 is 2.69 bits per heavy atom. The highest BCUT2D eigenvalue weighted by Gasteiger charge is 2.06. The maximum Gasteiger partial charge on any atom is 0.250 e. The molecule has 0 aliphatic rings. The number of carbonyl (C=O) groups is 1. The molecular weight excluding hydrogens is 218 g/mol. The molecule has 0 heterocycles. The summed E-state index contributed by atoms with van der Waals surface area (Å²) in [6, 6.07) is 9.45. The van der Waals surface area contributed by atoms with Crippen molar-refractivity contribution >= 4 is 23.4 Å². The van der Waals surface area contributed by atoms with E-state index in [-0.39, 0.29) is 5.91 Å². The third kappa shape index (κ3) is 4.53. The molecule has 3 heteroatoms. The van der Waals surface area contributed by atoms with Gasteiger partial charge in [0.1, 0.15) is 0 Å². The highest BCUT2D eigenvalue weighted by atomic mass is 32.2. The van der Waals surface area contributed by atoms with E-state index in [1.807, 2.05) is 30.3 Å². The van der Waals surface area contributed by atoms with Gasteiger partial charge in [-0.2, -0.15) is 11.8 Å². The average Bonchev–Trinajstić information content (AvgIpc) is 2.30. The van der Waals surface area contributed by atoms with Gasteiger partial charge in [-0.1, -0.05) is 24.8 Å². The molecule has 0 aromatic heterocycles. The van der Waals surface area contributed by atoms with Crippen molar-refractivity contribution in [1.82, 2.24) is 0 Å². The number of amides is 1. The van der Waals surface area contributed by atoms with Crippen LogP contribution in [0.2, 0.25) is 0 Å². The van der Waals surface area contributed by atoms with Crippen LogP contribution in [0.1, 0.15) is 12.8 Å². The van der Waals surface area contributed by atoms with E-state index in [4.69, 9.17) is 0 Å². The lowest BCUT2D eigenvalue weighted by molar-refractivity contribution is -0.113. The zero-order valence-corrected chi connectivity index (χ0v) is 10.3. The lowest BCUT2D eigenvalue weighted by Gasteiger charge is -2.06. The van der Waals surface area contributed by atoms with Crippen molar-refractivity contribution in [3.05, 3.63) is 42.5 Å². The number of carbonyl (C=O) groups excluding carboxylic acids is 1. The second-order valence-electron chi connectivity index (χ2n) is 3.52. The van der Waals surface area contributed by atoms with Crippen LogP contribution in [0, 0.1) is 0 Å². The molecule has 0 aliphatic heterocycles. The summed E-state index contributed by atoms with van der Waals surface area (Å²) in [6.07, 6.45) is 3.83. The second kappa shape index (κ2) is 7.12. The normalized spacial score (nSPS) is 9.81. The van der Waals surface area contributed by atoms with Gasteiger partial charge in [-0.25, -0.2) is 0 Å². The fourth-order valence-electron chi connectivity index (χ4n) is 1.28. The van der Waals surface area contributed by atoms with Crippen molar-refractivity contribution in [2.24, 2.45) is 0 Å². The van der Waals surface area contributed by atoms with Crippen LogP contribution in [-0.2, 0) is 4.79 Å². The molecule has 0 saturated carbocycles. The Kier molecular flexibility index (Phi) is 5.72. The highest BCUT2D eigenvalue weighted by Crippen LogP contribution is 2.11. The monoisotopic (exact) mass is 235 g/mol. The first-order chi connectivity index (χ1) is 7.74. The molecule has 1 aromatic rings. The van der Waals surface area contributed by atoms with Gasteiger partial charge in [-0.3, -0.25) is 4.79 Å². The van der Waals surface area contributed by atoms with Gasteiger partial charge in [0.05, 0.1) is 0 Å². The predicted octanol–water partition coefficient (Wildman–Crippen LogP) is 3.32. The predicted molar refractivity (Wildman–Crippen MR) is 71.8 cm³/mol. The van der Waals surface area contributed by atoms with Crippen LogP contribution in [-0.4, -0.2) is 17.9 Å². The van der Waals surface area contributed by atoms with Gasteiger partial charge in [0.2, 0.25) is 0 Å². The number of benzene rings is 1. The van der Waals surface area contributed by atoms with Crippen molar-refractivity contribution in [2.75, 3.05) is 17.3 Å². The highest BCUT2D eigenvalue weighted by molar-refractivity contribution is 7.98. The molecule has 86 valence electrons. The fourth-order valence-corrected chi connectivity index (χ4v) is 1.72. The molecule has 0 spiro atoms. The molecule has 0 fully saturated rings. The molecule has 1 N–H and O–H groups in total. The Hall–Kier alpha value is -1.22. The molecule has 1 aromatic carbocycles. The van der Waals surface area contributed by atoms with Crippen LogP contribution >= 0.6 is 11.8 Å². The van der Waals surface area contributed by atoms with E-state index in [1.165, 1.54) is 0 Å². The Morgan fingerprint density at radius 1 is 1.38 bits per heavy atom. The van der Waals surface area contributed by atoms with Gasteiger partial charge in [-0.15, -0.1) is 0 Å². The molecule has 0 aliphatic carbocycles. The number of anilines is 1. The summed E-state index contributed by atoms with van der Waals surface area (Å²) in [6.45, 7) is 3.80. The third-order valence-corrected chi connectivity index (χ3v) is 2.88. The van der Waals surface area contributed by atoms with Gasteiger partial charge >= 0.3 is 0 Å². The number of rotatable bonds is 6. The van der Waals surface area contributed by atoms with E-state index < -0.39 is 0 Å². The van der Waals surface area contributed by atoms with Crippen molar-refractivity contribution < 1.29 is 4.79 Å². The van der Waals surface area contributed by atoms with Gasteiger partial charge < -0.3 is 5.32 Å². The zero-order valence-electron chi connectivity index (χ0n) is 9.53. The molecule has 0 saturated heterocycles. The molecule has 2 nitrogen and oxygen atoms in total. The Labute approximate surface area is 101 Å². The summed E-state index contributed by atoms with van der Waals surface area (Å²) in [5.74, 6) is 0.991. The van der Waals surface area contributed by atoms with Crippen LogP contribution in [0.3, 0.4) is 0 Å². The number of hydrogen-bond acceptors (Lipinski definition) is 2. The maximum atomic E-state index is 11.7. The molecule has 0 bridgehead atoms. The van der Waals surface area contributed by atoms with Gasteiger partial charge in [0, 0.05) is 11.3 Å². The average molecular weight is 235 g/mol. The first-order valence-corrected chi connectivity index (χ1v) is 6.66. The van der Waals surface area contributed by atoms with Crippen LogP contribution in [0.15, 0.2) is 42.5 Å². The van der Waals surface area contributed by atoms with Crippen molar-refractivity contribution in [1.29, 1.82) is 0 Å². The van der Waals surface area contributed by atoms with Crippen LogP contribution in [0.5, 0.6) is 0 Å². The zero-order chi connectivity index (χ0) is 11.8. The molecule has 1 rings (SSSR count). The molecular formula is C13H17NOS. The Morgan fingerprint density at radius 2 is 2.06 bits per heavy atom. The number of nitrogens with one attached hydrogen (secondary N) is 1. The smallest absolute Gasteiger partial charge is 0.250 e. The van der Waals surface area contributed by atoms with Gasteiger partial charge in [0.15, 0.2) is 0 Å². The minimum absolute atomic E-state index is 0.0766. The van der Waals surface area contributed by atoms with Crippen molar-refractivity contribution in [3.63, 3.8) is 0 Å². The van der Waals surface area contributed by atoms with E-state index in [9.17, 15) is 4.79 Å². The third-order valence-electron chi connectivity index (χ3n) is 2.18. The first kappa shape index (κ1) is 12.8. The summed E-state index contributed by atoms with van der Waals surface area (Å²) in [5.41, 5.74) is 1.47.